The van der Waals surface area contributed by atoms with Crippen LogP contribution in [0, 0.1) is 0 Å². The molecule has 1 N–H and O–H groups in total. The van der Waals surface area contributed by atoms with Crippen LogP contribution in [0.1, 0.15) is 33.0 Å². The Balaban J connectivity index is 1.94. The molecule has 0 aliphatic heterocycles. The highest BCUT2D eigenvalue weighted by Gasteiger charge is 2.12. The lowest BCUT2D eigenvalue weighted by Crippen LogP contribution is -2.28. The standard InChI is InChI=1S/C14H23NO3S/c1-14(2,3)19-11-13(16)15-7-5-8-17-10-12-6-4-9-18-12/h4,6,9H,5,7-8,10-11H2,1-3H3,(H,15,16). The van der Waals surface area contributed by atoms with Crippen LogP contribution in [0.4, 0.5) is 0 Å². The summed E-state index contributed by atoms with van der Waals surface area (Å²) in [7, 11) is 0. The number of hydrogen-bond acceptors (Lipinski definition) is 4. The Labute approximate surface area is 119 Å². The molecule has 4 nitrogen and oxygen atoms in total. The first-order chi connectivity index (χ1) is 8.97. The van der Waals surface area contributed by atoms with E-state index in [9.17, 15) is 4.79 Å². The van der Waals surface area contributed by atoms with Crippen LogP contribution in [0.3, 0.4) is 0 Å². The zero-order valence-corrected chi connectivity index (χ0v) is 12.7. The lowest BCUT2D eigenvalue weighted by Gasteiger charge is -2.16. The number of furan rings is 1. The Kier molecular flexibility index (Phi) is 7.02. The monoisotopic (exact) mass is 285 g/mol. The fourth-order valence-corrected chi connectivity index (χ4v) is 1.97. The number of carbonyl (C=O) groups excluding carboxylic acids is 1. The summed E-state index contributed by atoms with van der Waals surface area (Å²) in [5.41, 5.74) is 0. The van der Waals surface area contributed by atoms with Crippen molar-refractivity contribution in [1.29, 1.82) is 0 Å². The third-order valence-corrected chi connectivity index (χ3v) is 3.52. The molecule has 0 spiro atoms. The molecular formula is C14H23NO3S. The maximum atomic E-state index is 11.5. The molecule has 1 heterocycles. The van der Waals surface area contributed by atoms with Gasteiger partial charge in [-0.2, -0.15) is 0 Å². The minimum atomic E-state index is 0.0889. The molecule has 1 rings (SSSR count). The van der Waals surface area contributed by atoms with Crippen LogP contribution >= 0.6 is 11.8 Å². The molecule has 1 aromatic heterocycles. The van der Waals surface area contributed by atoms with Crippen LogP contribution in [0.2, 0.25) is 0 Å². The third kappa shape index (κ3) is 8.72. The van der Waals surface area contributed by atoms with E-state index in [1.807, 2.05) is 12.1 Å². The average Bonchev–Trinajstić information content (AvgIpc) is 2.83. The lowest BCUT2D eigenvalue weighted by atomic mass is 10.3. The molecular weight excluding hydrogens is 262 g/mol. The Morgan fingerprint density at radius 3 is 2.89 bits per heavy atom. The SMILES string of the molecule is CC(C)(C)SCC(=O)NCCCOCc1ccco1. The van der Waals surface area contributed by atoms with Gasteiger partial charge in [0.1, 0.15) is 12.4 Å². The maximum absolute atomic E-state index is 11.5. The summed E-state index contributed by atoms with van der Waals surface area (Å²) < 4.78 is 10.7. The molecule has 1 amide bonds. The van der Waals surface area contributed by atoms with Crippen molar-refractivity contribution >= 4 is 17.7 Å². The molecule has 0 aliphatic rings. The van der Waals surface area contributed by atoms with Crippen LogP contribution in [0.15, 0.2) is 22.8 Å². The predicted molar refractivity (Wildman–Crippen MR) is 78.2 cm³/mol. The molecule has 0 unspecified atom stereocenters. The Hall–Kier alpha value is -0.940. The third-order valence-electron chi connectivity index (χ3n) is 2.25. The van der Waals surface area contributed by atoms with E-state index >= 15 is 0 Å². The van der Waals surface area contributed by atoms with E-state index in [2.05, 4.69) is 26.1 Å². The van der Waals surface area contributed by atoms with Crippen molar-refractivity contribution in [3.63, 3.8) is 0 Å². The summed E-state index contributed by atoms with van der Waals surface area (Å²) in [6.45, 7) is 8.07. The van der Waals surface area contributed by atoms with Gasteiger partial charge in [0.05, 0.1) is 12.0 Å². The second kappa shape index (κ2) is 8.27. The number of amides is 1. The largest absolute Gasteiger partial charge is 0.467 e. The summed E-state index contributed by atoms with van der Waals surface area (Å²) in [6.07, 6.45) is 2.44. The highest BCUT2D eigenvalue weighted by molar-refractivity contribution is 8.01. The minimum absolute atomic E-state index is 0.0889. The van der Waals surface area contributed by atoms with Gasteiger partial charge in [0.15, 0.2) is 0 Å². The maximum Gasteiger partial charge on any atom is 0.230 e. The molecule has 0 aliphatic carbocycles. The van der Waals surface area contributed by atoms with Gasteiger partial charge in [0, 0.05) is 17.9 Å². The number of thioether (sulfide) groups is 1. The van der Waals surface area contributed by atoms with Gasteiger partial charge in [-0.1, -0.05) is 20.8 Å². The molecule has 0 saturated heterocycles. The van der Waals surface area contributed by atoms with E-state index in [0.717, 1.165) is 12.2 Å². The van der Waals surface area contributed by atoms with Crippen LogP contribution in [-0.2, 0) is 16.1 Å². The van der Waals surface area contributed by atoms with Gasteiger partial charge in [0.25, 0.3) is 0 Å². The molecule has 0 fully saturated rings. The van der Waals surface area contributed by atoms with Gasteiger partial charge in [-0.05, 0) is 18.6 Å². The number of hydrogen-bond donors (Lipinski definition) is 1. The van der Waals surface area contributed by atoms with Gasteiger partial charge in [-0.25, -0.2) is 0 Å². The van der Waals surface area contributed by atoms with Gasteiger partial charge in [-0.3, -0.25) is 4.79 Å². The number of rotatable bonds is 8. The zero-order valence-electron chi connectivity index (χ0n) is 11.9. The van der Waals surface area contributed by atoms with E-state index in [1.165, 1.54) is 0 Å². The topological polar surface area (TPSA) is 51.5 Å². The molecule has 1 aromatic rings. The van der Waals surface area contributed by atoms with Gasteiger partial charge < -0.3 is 14.5 Å². The zero-order chi connectivity index (χ0) is 14.1. The first-order valence-corrected chi connectivity index (χ1v) is 7.47. The highest BCUT2D eigenvalue weighted by atomic mass is 32.2. The minimum Gasteiger partial charge on any atom is -0.467 e. The summed E-state index contributed by atoms with van der Waals surface area (Å²) in [5, 5.41) is 2.89. The van der Waals surface area contributed by atoms with Crippen molar-refractivity contribution in [3.8, 4) is 0 Å². The molecule has 19 heavy (non-hydrogen) atoms. The summed E-state index contributed by atoms with van der Waals surface area (Å²) >= 11 is 1.65. The first-order valence-electron chi connectivity index (χ1n) is 6.48. The molecule has 0 saturated carbocycles. The second-order valence-corrected chi connectivity index (χ2v) is 7.04. The second-order valence-electron chi connectivity index (χ2n) is 5.24. The Bertz CT molecular complexity index is 357. The van der Waals surface area contributed by atoms with Crippen molar-refractivity contribution in [3.05, 3.63) is 24.2 Å². The van der Waals surface area contributed by atoms with Crippen LogP contribution in [-0.4, -0.2) is 29.6 Å². The van der Waals surface area contributed by atoms with Gasteiger partial charge in [-0.15, -0.1) is 11.8 Å². The summed E-state index contributed by atoms with van der Waals surface area (Å²) in [6, 6.07) is 3.72. The molecule has 0 atom stereocenters. The van der Waals surface area contributed by atoms with Gasteiger partial charge in [0.2, 0.25) is 5.91 Å². The van der Waals surface area contributed by atoms with E-state index in [1.54, 1.807) is 18.0 Å². The van der Waals surface area contributed by atoms with E-state index in [0.29, 0.717) is 25.5 Å². The number of carbonyl (C=O) groups is 1. The van der Waals surface area contributed by atoms with Crippen molar-refractivity contribution in [2.24, 2.45) is 0 Å². The first kappa shape index (κ1) is 16.1. The van der Waals surface area contributed by atoms with Gasteiger partial charge >= 0.3 is 0 Å². The van der Waals surface area contributed by atoms with Crippen molar-refractivity contribution in [2.75, 3.05) is 18.9 Å². The summed E-state index contributed by atoms with van der Waals surface area (Å²) in [5.74, 6) is 1.42. The smallest absolute Gasteiger partial charge is 0.230 e. The average molecular weight is 285 g/mol. The van der Waals surface area contributed by atoms with Crippen molar-refractivity contribution in [1.82, 2.24) is 5.32 Å². The van der Waals surface area contributed by atoms with Crippen LogP contribution in [0.25, 0.3) is 0 Å². The lowest BCUT2D eigenvalue weighted by molar-refractivity contribution is -0.118. The predicted octanol–water partition coefficient (Wildman–Crippen LogP) is 2.83. The van der Waals surface area contributed by atoms with Crippen molar-refractivity contribution < 1.29 is 13.9 Å². The van der Waals surface area contributed by atoms with Crippen LogP contribution < -0.4 is 5.32 Å². The van der Waals surface area contributed by atoms with E-state index in [-0.39, 0.29) is 10.7 Å². The number of ether oxygens (including phenoxy) is 1. The fourth-order valence-electron chi connectivity index (χ4n) is 1.30. The Morgan fingerprint density at radius 2 is 2.26 bits per heavy atom. The summed E-state index contributed by atoms with van der Waals surface area (Å²) in [4.78, 5) is 11.5. The highest BCUT2D eigenvalue weighted by Crippen LogP contribution is 2.22. The molecule has 5 heteroatoms. The Morgan fingerprint density at radius 1 is 1.47 bits per heavy atom. The van der Waals surface area contributed by atoms with Crippen LogP contribution in [0.5, 0.6) is 0 Å². The van der Waals surface area contributed by atoms with E-state index in [4.69, 9.17) is 9.15 Å². The van der Waals surface area contributed by atoms with Crippen molar-refractivity contribution in [2.45, 2.75) is 38.5 Å². The number of nitrogens with one attached hydrogen (secondary N) is 1. The normalized spacial score (nSPS) is 11.5. The van der Waals surface area contributed by atoms with E-state index < -0.39 is 0 Å². The fraction of sp³-hybridized carbons (Fsp3) is 0.643. The molecule has 0 radical (unpaired) electrons. The molecule has 0 aromatic carbocycles. The molecule has 108 valence electrons. The quantitative estimate of drug-likeness (QED) is 0.746. The molecule has 0 bridgehead atoms.